The van der Waals surface area contributed by atoms with Crippen LogP contribution in [0.4, 0.5) is 0 Å². The maximum Gasteiger partial charge on any atom is -0.00965 e. The van der Waals surface area contributed by atoms with Crippen LogP contribution in [0.25, 0.3) is 0 Å². The Morgan fingerprint density at radius 3 is 2.63 bits per heavy atom. The van der Waals surface area contributed by atoms with Crippen LogP contribution >= 0.6 is 0 Å². The summed E-state index contributed by atoms with van der Waals surface area (Å²) in [4.78, 5) is 0. The van der Waals surface area contributed by atoms with Gasteiger partial charge in [-0.1, -0.05) is 44.4 Å². The van der Waals surface area contributed by atoms with Crippen molar-refractivity contribution in [1.29, 1.82) is 0 Å². The van der Waals surface area contributed by atoms with Crippen molar-refractivity contribution in [2.75, 3.05) is 0 Å². The molecule has 0 aromatic rings. The van der Waals surface area contributed by atoms with Crippen LogP contribution in [-0.4, -0.2) is 0 Å². The summed E-state index contributed by atoms with van der Waals surface area (Å²) in [6.07, 6.45) is 14.0. The first-order chi connectivity index (χ1) is 9.15. The van der Waals surface area contributed by atoms with Crippen molar-refractivity contribution in [1.82, 2.24) is 0 Å². The van der Waals surface area contributed by atoms with Crippen molar-refractivity contribution < 1.29 is 0 Å². The van der Waals surface area contributed by atoms with E-state index in [1.54, 1.807) is 5.57 Å². The molecule has 1 saturated carbocycles. The summed E-state index contributed by atoms with van der Waals surface area (Å²) in [5, 5.41) is 0. The number of hydrogen-bond acceptors (Lipinski definition) is 0. The van der Waals surface area contributed by atoms with Gasteiger partial charge in [-0.25, -0.2) is 0 Å². The summed E-state index contributed by atoms with van der Waals surface area (Å²) in [7, 11) is 0. The van der Waals surface area contributed by atoms with Gasteiger partial charge in [-0.3, -0.25) is 0 Å². The van der Waals surface area contributed by atoms with Gasteiger partial charge in [0.15, 0.2) is 0 Å². The lowest BCUT2D eigenvalue weighted by Crippen LogP contribution is -2.28. The Kier molecular flexibility index (Phi) is 3.87. The highest BCUT2D eigenvalue weighted by Gasteiger charge is 2.34. The predicted octanol–water partition coefficient (Wildman–Crippen LogP) is 5.90. The van der Waals surface area contributed by atoms with E-state index < -0.39 is 0 Å². The molecular weight excluding hydrogens is 228 g/mol. The Hall–Kier alpha value is -0.520. The van der Waals surface area contributed by atoms with Gasteiger partial charge in [0.1, 0.15) is 0 Å². The van der Waals surface area contributed by atoms with E-state index in [1.807, 2.05) is 11.1 Å². The topological polar surface area (TPSA) is 0 Å². The van der Waals surface area contributed by atoms with Crippen molar-refractivity contribution in [2.45, 2.75) is 72.1 Å². The molecule has 0 radical (unpaired) electrons. The molecule has 3 aliphatic rings. The van der Waals surface area contributed by atoms with E-state index in [0.29, 0.717) is 0 Å². The van der Waals surface area contributed by atoms with E-state index in [9.17, 15) is 0 Å². The van der Waals surface area contributed by atoms with Crippen molar-refractivity contribution >= 4 is 0 Å². The average molecular weight is 258 g/mol. The maximum absolute atomic E-state index is 2.63. The summed E-state index contributed by atoms with van der Waals surface area (Å²) in [5.74, 6) is 3.65. The summed E-state index contributed by atoms with van der Waals surface area (Å²) in [6, 6.07) is 0. The van der Waals surface area contributed by atoms with Gasteiger partial charge in [0.25, 0.3) is 0 Å². The second-order valence-electron chi connectivity index (χ2n) is 7.66. The molecule has 0 bridgehead atoms. The van der Waals surface area contributed by atoms with Crippen LogP contribution in [0.2, 0.25) is 0 Å². The van der Waals surface area contributed by atoms with Crippen LogP contribution in [0.5, 0.6) is 0 Å². The molecule has 0 heteroatoms. The Bertz CT molecular complexity index is 396. The van der Waals surface area contributed by atoms with E-state index in [2.05, 4.69) is 26.8 Å². The first-order valence-electron chi connectivity index (χ1n) is 8.56. The van der Waals surface area contributed by atoms with Crippen LogP contribution in [0.3, 0.4) is 0 Å². The predicted molar refractivity (Wildman–Crippen MR) is 83.0 cm³/mol. The lowest BCUT2D eigenvalue weighted by molar-refractivity contribution is 0.168. The minimum absolute atomic E-state index is 0.857. The van der Waals surface area contributed by atoms with Crippen LogP contribution in [0, 0.1) is 23.7 Å². The zero-order chi connectivity index (χ0) is 13.4. The Labute approximate surface area is 119 Å². The Morgan fingerprint density at radius 1 is 1.11 bits per heavy atom. The highest BCUT2D eigenvalue weighted by Crippen LogP contribution is 2.47. The molecule has 0 heterocycles. The molecule has 0 aromatic carbocycles. The molecule has 3 rings (SSSR count). The van der Waals surface area contributed by atoms with Crippen LogP contribution in [0.1, 0.15) is 72.1 Å². The van der Waals surface area contributed by atoms with Gasteiger partial charge in [-0.05, 0) is 74.2 Å². The van der Waals surface area contributed by atoms with Crippen molar-refractivity contribution in [3.63, 3.8) is 0 Å². The molecule has 106 valence electrons. The molecule has 3 aliphatic carbocycles. The zero-order valence-corrected chi connectivity index (χ0v) is 13.0. The molecule has 0 N–H and O–H groups in total. The van der Waals surface area contributed by atoms with E-state index in [4.69, 9.17) is 0 Å². The Morgan fingerprint density at radius 2 is 1.89 bits per heavy atom. The molecule has 1 unspecified atom stereocenters. The van der Waals surface area contributed by atoms with Crippen LogP contribution in [0.15, 0.2) is 22.8 Å². The van der Waals surface area contributed by atoms with E-state index in [-0.39, 0.29) is 0 Å². The minimum atomic E-state index is 0.857. The van der Waals surface area contributed by atoms with Gasteiger partial charge in [0.05, 0.1) is 0 Å². The largest absolute Gasteiger partial charge is 0.0629 e. The maximum atomic E-state index is 2.63. The van der Waals surface area contributed by atoms with Crippen LogP contribution in [-0.2, 0) is 0 Å². The van der Waals surface area contributed by atoms with E-state index in [0.717, 1.165) is 23.7 Å². The van der Waals surface area contributed by atoms with Gasteiger partial charge in [-0.2, -0.15) is 0 Å². The minimum Gasteiger partial charge on any atom is -0.0629 e. The summed E-state index contributed by atoms with van der Waals surface area (Å²) in [5.41, 5.74) is 5.36. The van der Waals surface area contributed by atoms with Crippen molar-refractivity contribution in [2.24, 2.45) is 23.7 Å². The third kappa shape index (κ3) is 2.69. The van der Waals surface area contributed by atoms with Gasteiger partial charge < -0.3 is 0 Å². The molecular formula is C19H30. The third-order valence-electron chi connectivity index (χ3n) is 5.90. The quantitative estimate of drug-likeness (QED) is 0.579. The van der Waals surface area contributed by atoms with E-state index in [1.165, 1.54) is 51.4 Å². The fraction of sp³-hybridized carbons (Fsp3) is 0.789. The highest BCUT2D eigenvalue weighted by atomic mass is 14.4. The lowest BCUT2D eigenvalue weighted by Gasteiger charge is -2.38. The molecule has 3 atom stereocenters. The normalized spacial score (nSPS) is 35.6. The second kappa shape index (κ2) is 5.46. The first kappa shape index (κ1) is 13.5. The van der Waals surface area contributed by atoms with Gasteiger partial charge in [0.2, 0.25) is 0 Å². The molecule has 19 heavy (non-hydrogen) atoms. The second-order valence-corrected chi connectivity index (χ2v) is 7.66. The molecule has 0 amide bonds. The fourth-order valence-corrected chi connectivity index (χ4v) is 4.76. The number of allylic oxidation sites excluding steroid dienone is 4. The summed E-state index contributed by atoms with van der Waals surface area (Å²) < 4.78 is 0. The van der Waals surface area contributed by atoms with Crippen LogP contribution < -0.4 is 0 Å². The Balaban J connectivity index is 1.77. The van der Waals surface area contributed by atoms with E-state index >= 15 is 0 Å². The first-order valence-corrected chi connectivity index (χ1v) is 8.56. The monoisotopic (exact) mass is 258 g/mol. The van der Waals surface area contributed by atoms with Crippen molar-refractivity contribution in [3.8, 4) is 0 Å². The average Bonchev–Trinajstić information content (AvgIpc) is 2.81. The molecule has 1 fully saturated rings. The summed E-state index contributed by atoms with van der Waals surface area (Å²) >= 11 is 0. The van der Waals surface area contributed by atoms with Crippen molar-refractivity contribution in [3.05, 3.63) is 22.8 Å². The molecule has 0 nitrogen and oxygen atoms in total. The summed E-state index contributed by atoms with van der Waals surface area (Å²) in [6.45, 7) is 7.35. The number of rotatable bonds is 2. The SMILES string of the molecule is CC(C)[C@@H]1CC[C@@H](C)CC1C1=CC2=C(CCCC2)C1. The lowest BCUT2D eigenvalue weighted by atomic mass is 9.67. The third-order valence-corrected chi connectivity index (χ3v) is 5.90. The molecule has 0 saturated heterocycles. The van der Waals surface area contributed by atoms with Gasteiger partial charge >= 0.3 is 0 Å². The molecule has 0 spiro atoms. The molecule has 0 aromatic heterocycles. The van der Waals surface area contributed by atoms with Gasteiger partial charge in [0, 0.05) is 0 Å². The number of hydrogen-bond donors (Lipinski definition) is 0. The van der Waals surface area contributed by atoms with Gasteiger partial charge in [-0.15, -0.1) is 0 Å². The fourth-order valence-electron chi connectivity index (χ4n) is 4.76. The zero-order valence-electron chi connectivity index (χ0n) is 13.0. The highest BCUT2D eigenvalue weighted by molar-refractivity contribution is 5.41. The smallest absolute Gasteiger partial charge is 0.00965 e. The molecule has 0 aliphatic heterocycles. The standard InChI is InChI=1S/C19H30/c1-13(2)18-9-8-14(3)10-19(18)17-11-15-6-4-5-7-16(15)12-17/h11,13-14,18-19H,4-10,12H2,1-3H3/t14-,18+,19?/m1/s1.